The molecule has 2 aliphatic rings. The number of fused-ring (bicyclic) bond motifs is 1. The number of amides is 2. The first-order valence-electron chi connectivity index (χ1n) is 7.96. The van der Waals surface area contributed by atoms with Gasteiger partial charge in [-0.25, -0.2) is 4.79 Å². The molecule has 0 bridgehead atoms. The van der Waals surface area contributed by atoms with E-state index in [0.29, 0.717) is 6.54 Å². The molecule has 0 aromatic heterocycles. The topological polar surface area (TPSA) is 61.8 Å². The second-order valence-electron chi connectivity index (χ2n) is 6.78. The van der Waals surface area contributed by atoms with Gasteiger partial charge in [-0.15, -0.1) is 0 Å². The van der Waals surface area contributed by atoms with Gasteiger partial charge < -0.3 is 20.1 Å². The van der Waals surface area contributed by atoms with E-state index in [1.807, 2.05) is 38.1 Å². The van der Waals surface area contributed by atoms with Crippen LogP contribution >= 0.6 is 0 Å². The largest absolute Gasteiger partial charge is 0.487 e. The van der Waals surface area contributed by atoms with Gasteiger partial charge >= 0.3 is 6.03 Å². The van der Waals surface area contributed by atoms with Gasteiger partial charge in [0.2, 0.25) is 0 Å². The lowest BCUT2D eigenvalue weighted by molar-refractivity contribution is 0.0657. The van der Waals surface area contributed by atoms with Crippen molar-refractivity contribution in [3.63, 3.8) is 0 Å². The molecule has 2 unspecified atom stereocenters. The molecule has 1 fully saturated rings. The summed E-state index contributed by atoms with van der Waals surface area (Å²) < 4.78 is 5.99. The Labute approximate surface area is 131 Å². The molecular formula is C17H24N2O3. The Hall–Kier alpha value is -1.75. The first-order valence-corrected chi connectivity index (χ1v) is 7.96. The highest BCUT2D eigenvalue weighted by Crippen LogP contribution is 2.39. The minimum absolute atomic E-state index is 0.0310. The van der Waals surface area contributed by atoms with E-state index in [4.69, 9.17) is 4.74 Å². The van der Waals surface area contributed by atoms with Crippen molar-refractivity contribution in [3.05, 3.63) is 29.8 Å². The molecular weight excluding hydrogens is 280 g/mol. The van der Waals surface area contributed by atoms with Crippen molar-refractivity contribution in [1.29, 1.82) is 0 Å². The third-order valence-corrected chi connectivity index (χ3v) is 4.52. The van der Waals surface area contributed by atoms with Crippen LogP contribution in [0.5, 0.6) is 5.75 Å². The van der Waals surface area contributed by atoms with Crippen LogP contribution in [0.3, 0.4) is 0 Å². The number of likely N-dealkylation sites (tertiary alicyclic amines) is 1. The number of carbonyl (C=O) groups excluding carboxylic acids is 1. The smallest absolute Gasteiger partial charge is 0.318 e. The lowest BCUT2D eigenvalue weighted by Crippen LogP contribution is -2.48. The zero-order valence-electron chi connectivity index (χ0n) is 13.2. The number of carbonyl (C=O) groups is 1. The summed E-state index contributed by atoms with van der Waals surface area (Å²) in [4.78, 5) is 14.3. The fourth-order valence-corrected chi connectivity index (χ4v) is 3.46. The molecule has 1 saturated heterocycles. The third kappa shape index (κ3) is 2.90. The normalized spacial score (nSPS) is 26.2. The van der Waals surface area contributed by atoms with Crippen LogP contribution in [0, 0.1) is 0 Å². The average molecular weight is 304 g/mol. The Morgan fingerprint density at radius 2 is 2.23 bits per heavy atom. The number of ether oxygens (including phenoxy) is 1. The maximum Gasteiger partial charge on any atom is 0.318 e. The van der Waals surface area contributed by atoms with Crippen LogP contribution in [0.2, 0.25) is 0 Å². The first kappa shape index (κ1) is 15.2. The van der Waals surface area contributed by atoms with E-state index in [-0.39, 0.29) is 30.3 Å². The summed E-state index contributed by atoms with van der Waals surface area (Å²) in [5.74, 6) is 0.837. The number of para-hydroxylation sites is 1. The lowest BCUT2D eigenvalue weighted by Gasteiger charge is -2.38. The fourth-order valence-electron chi connectivity index (χ4n) is 3.46. The molecule has 5 heteroatoms. The molecule has 120 valence electrons. The molecule has 0 aliphatic carbocycles. The van der Waals surface area contributed by atoms with Gasteiger partial charge in [-0.3, -0.25) is 0 Å². The summed E-state index contributed by atoms with van der Waals surface area (Å²) in [6.45, 7) is 4.82. The first-order chi connectivity index (χ1) is 10.5. The minimum atomic E-state index is -0.312. The maximum atomic E-state index is 12.6. The fraction of sp³-hybridized carbons (Fsp3) is 0.588. The molecule has 3 rings (SSSR count). The molecule has 1 aromatic carbocycles. The Morgan fingerprint density at radius 3 is 3.00 bits per heavy atom. The number of aliphatic hydroxyl groups is 1. The predicted octanol–water partition coefficient (Wildman–Crippen LogP) is 2.46. The summed E-state index contributed by atoms with van der Waals surface area (Å²) in [7, 11) is 0. The van der Waals surface area contributed by atoms with Gasteiger partial charge in [-0.1, -0.05) is 18.2 Å². The average Bonchev–Trinajstić information content (AvgIpc) is 2.94. The molecule has 1 aromatic rings. The maximum absolute atomic E-state index is 12.6. The van der Waals surface area contributed by atoms with E-state index in [9.17, 15) is 9.90 Å². The van der Waals surface area contributed by atoms with Crippen LogP contribution in [0.4, 0.5) is 4.79 Å². The van der Waals surface area contributed by atoms with Crippen LogP contribution in [0.15, 0.2) is 24.3 Å². The Kier molecular flexibility index (Phi) is 4.00. The number of aliphatic hydroxyl groups excluding tert-OH is 1. The summed E-state index contributed by atoms with van der Waals surface area (Å²) in [6.07, 6.45) is 2.56. The van der Waals surface area contributed by atoms with Gasteiger partial charge in [0.05, 0.1) is 18.7 Å². The Balaban J connectivity index is 1.78. The standard InChI is InChI=1S/C17H24N2O3/c1-17(2)10-14(13-7-3-4-8-15(13)22-17)18-16(21)19-9-5-6-12(19)11-20/h3-4,7-8,12,14,20H,5-6,9-11H2,1-2H3,(H,18,21). The summed E-state index contributed by atoms with van der Waals surface area (Å²) in [5.41, 5.74) is 0.711. The zero-order valence-corrected chi connectivity index (χ0v) is 13.2. The molecule has 22 heavy (non-hydrogen) atoms. The highest BCUT2D eigenvalue weighted by Gasteiger charge is 2.36. The van der Waals surface area contributed by atoms with Gasteiger partial charge in [0.1, 0.15) is 11.4 Å². The number of rotatable bonds is 2. The second-order valence-corrected chi connectivity index (χ2v) is 6.78. The number of nitrogens with zero attached hydrogens (tertiary/aromatic N) is 1. The number of hydrogen-bond donors (Lipinski definition) is 2. The Bertz CT molecular complexity index is 559. The van der Waals surface area contributed by atoms with Crippen molar-refractivity contribution in [2.24, 2.45) is 0 Å². The summed E-state index contributed by atoms with van der Waals surface area (Å²) >= 11 is 0. The third-order valence-electron chi connectivity index (χ3n) is 4.52. The van der Waals surface area contributed by atoms with Crippen molar-refractivity contribution in [1.82, 2.24) is 10.2 Å². The molecule has 2 N–H and O–H groups in total. The monoisotopic (exact) mass is 304 g/mol. The molecule has 5 nitrogen and oxygen atoms in total. The SMILES string of the molecule is CC1(C)CC(NC(=O)N2CCCC2CO)c2ccccc2O1. The second kappa shape index (κ2) is 5.80. The van der Waals surface area contributed by atoms with Gasteiger partial charge in [-0.2, -0.15) is 0 Å². The van der Waals surface area contributed by atoms with E-state index in [1.54, 1.807) is 4.90 Å². The van der Waals surface area contributed by atoms with Crippen molar-refractivity contribution >= 4 is 6.03 Å². The summed E-state index contributed by atoms with van der Waals surface area (Å²) in [5, 5.41) is 12.5. The highest BCUT2D eigenvalue weighted by atomic mass is 16.5. The van der Waals surface area contributed by atoms with E-state index < -0.39 is 0 Å². The van der Waals surface area contributed by atoms with Crippen LogP contribution < -0.4 is 10.1 Å². The predicted molar refractivity (Wildman–Crippen MR) is 83.9 cm³/mol. The van der Waals surface area contributed by atoms with Crippen LogP contribution in [0.1, 0.15) is 44.7 Å². The molecule has 0 spiro atoms. The minimum Gasteiger partial charge on any atom is -0.487 e. The van der Waals surface area contributed by atoms with Crippen molar-refractivity contribution in [2.75, 3.05) is 13.2 Å². The van der Waals surface area contributed by atoms with Crippen LogP contribution in [0.25, 0.3) is 0 Å². The summed E-state index contributed by atoms with van der Waals surface area (Å²) in [6, 6.07) is 7.66. The van der Waals surface area contributed by atoms with E-state index in [1.165, 1.54) is 0 Å². The van der Waals surface area contributed by atoms with Crippen molar-refractivity contribution in [3.8, 4) is 5.75 Å². The number of hydrogen-bond acceptors (Lipinski definition) is 3. The highest BCUT2D eigenvalue weighted by molar-refractivity contribution is 5.75. The van der Waals surface area contributed by atoms with E-state index in [0.717, 1.165) is 30.6 Å². The molecule has 2 atom stereocenters. The number of urea groups is 1. The van der Waals surface area contributed by atoms with Crippen molar-refractivity contribution < 1.29 is 14.6 Å². The molecule has 2 heterocycles. The lowest BCUT2D eigenvalue weighted by atomic mass is 9.90. The zero-order chi connectivity index (χ0) is 15.7. The van der Waals surface area contributed by atoms with Gasteiger partial charge in [0.25, 0.3) is 0 Å². The van der Waals surface area contributed by atoms with Crippen molar-refractivity contribution in [2.45, 2.75) is 50.8 Å². The molecule has 0 radical (unpaired) electrons. The van der Waals surface area contributed by atoms with Crippen LogP contribution in [-0.4, -0.2) is 40.8 Å². The Morgan fingerprint density at radius 1 is 1.45 bits per heavy atom. The molecule has 2 aliphatic heterocycles. The van der Waals surface area contributed by atoms with Gasteiger partial charge in [0, 0.05) is 18.5 Å². The number of nitrogens with one attached hydrogen (secondary N) is 1. The molecule has 2 amide bonds. The van der Waals surface area contributed by atoms with Crippen LogP contribution in [-0.2, 0) is 0 Å². The van der Waals surface area contributed by atoms with Gasteiger partial charge in [-0.05, 0) is 32.8 Å². The van der Waals surface area contributed by atoms with E-state index >= 15 is 0 Å². The molecule has 0 saturated carbocycles. The van der Waals surface area contributed by atoms with E-state index in [2.05, 4.69) is 5.32 Å². The number of benzene rings is 1. The van der Waals surface area contributed by atoms with Gasteiger partial charge in [0.15, 0.2) is 0 Å². The quantitative estimate of drug-likeness (QED) is 0.882.